The Morgan fingerprint density at radius 2 is 1.81 bits per heavy atom. The smallest absolute Gasteiger partial charge is 0.129 e. The molecule has 0 saturated heterocycles. The van der Waals surface area contributed by atoms with E-state index in [1.54, 1.807) is 7.11 Å². The van der Waals surface area contributed by atoms with E-state index < -0.39 is 0 Å². The molecular formula is C24H30N2O. The highest BCUT2D eigenvalue weighted by Gasteiger charge is 2.31. The van der Waals surface area contributed by atoms with Crippen molar-refractivity contribution in [2.24, 2.45) is 4.99 Å². The lowest BCUT2D eigenvalue weighted by molar-refractivity contribution is 0.413. The first-order chi connectivity index (χ1) is 12.9. The van der Waals surface area contributed by atoms with Gasteiger partial charge in [0, 0.05) is 35.6 Å². The lowest BCUT2D eigenvalue weighted by Crippen LogP contribution is -2.45. The summed E-state index contributed by atoms with van der Waals surface area (Å²) in [6, 6.07) is 12.6. The van der Waals surface area contributed by atoms with Crippen molar-refractivity contribution in [2.75, 3.05) is 18.6 Å². The molecule has 0 unspecified atom stereocenters. The highest BCUT2D eigenvalue weighted by Crippen LogP contribution is 2.42. The number of rotatable bonds is 5. The third-order valence-electron chi connectivity index (χ3n) is 5.16. The van der Waals surface area contributed by atoms with Crippen LogP contribution in [0.4, 0.5) is 11.4 Å². The van der Waals surface area contributed by atoms with E-state index >= 15 is 0 Å². The molecule has 3 rings (SSSR count). The van der Waals surface area contributed by atoms with Crippen LogP contribution in [0.5, 0.6) is 5.75 Å². The van der Waals surface area contributed by atoms with Crippen LogP contribution >= 0.6 is 0 Å². The van der Waals surface area contributed by atoms with Crippen LogP contribution in [0.25, 0.3) is 5.57 Å². The van der Waals surface area contributed by atoms with Crippen LogP contribution in [0, 0.1) is 6.92 Å². The Bertz CT molecular complexity index is 876. The summed E-state index contributed by atoms with van der Waals surface area (Å²) in [5, 5.41) is 0. The molecule has 1 aliphatic heterocycles. The van der Waals surface area contributed by atoms with E-state index in [2.05, 4.69) is 74.9 Å². The van der Waals surface area contributed by atoms with E-state index in [9.17, 15) is 0 Å². The summed E-state index contributed by atoms with van der Waals surface area (Å²) in [4.78, 5) is 7.12. The van der Waals surface area contributed by atoms with Crippen molar-refractivity contribution >= 4 is 23.2 Å². The van der Waals surface area contributed by atoms with Gasteiger partial charge in [-0.3, -0.25) is 4.99 Å². The molecule has 2 aromatic carbocycles. The van der Waals surface area contributed by atoms with Crippen molar-refractivity contribution in [3.63, 3.8) is 0 Å². The molecule has 0 N–H and O–H groups in total. The minimum absolute atomic E-state index is 0.00436. The molecule has 0 atom stereocenters. The number of methoxy groups -OCH3 is 1. The maximum Gasteiger partial charge on any atom is 0.129 e. The summed E-state index contributed by atoms with van der Waals surface area (Å²) in [7, 11) is 1.73. The quantitative estimate of drug-likeness (QED) is 0.595. The van der Waals surface area contributed by atoms with Crippen molar-refractivity contribution in [2.45, 2.75) is 46.6 Å². The van der Waals surface area contributed by atoms with E-state index in [-0.39, 0.29) is 5.54 Å². The Kier molecular flexibility index (Phi) is 5.41. The van der Waals surface area contributed by atoms with Crippen molar-refractivity contribution < 1.29 is 4.74 Å². The molecule has 0 fully saturated rings. The monoisotopic (exact) mass is 362 g/mol. The molecule has 2 aromatic rings. The number of fused-ring (bicyclic) bond motifs is 1. The number of aryl methyl sites for hydroxylation is 1. The van der Waals surface area contributed by atoms with Gasteiger partial charge in [0.05, 0.1) is 18.3 Å². The second-order valence-corrected chi connectivity index (χ2v) is 7.84. The maximum absolute atomic E-state index is 5.71. The molecule has 0 amide bonds. The van der Waals surface area contributed by atoms with Crippen LogP contribution in [0.2, 0.25) is 0 Å². The lowest BCUT2D eigenvalue weighted by atomic mass is 9.87. The lowest BCUT2D eigenvalue weighted by Gasteiger charge is -2.43. The molecule has 0 bridgehead atoms. The first kappa shape index (κ1) is 19.2. The molecule has 27 heavy (non-hydrogen) atoms. The average molecular weight is 363 g/mol. The number of anilines is 1. The third kappa shape index (κ3) is 3.92. The number of benzene rings is 2. The van der Waals surface area contributed by atoms with Crippen LogP contribution in [0.15, 0.2) is 47.5 Å². The van der Waals surface area contributed by atoms with Crippen LogP contribution in [0.1, 0.15) is 50.8 Å². The molecule has 0 saturated carbocycles. The fraction of sp³-hybridized carbons (Fsp3) is 0.375. The van der Waals surface area contributed by atoms with E-state index in [0.29, 0.717) is 0 Å². The van der Waals surface area contributed by atoms with Gasteiger partial charge in [0.25, 0.3) is 0 Å². The molecular weight excluding hydrogens is 332 g/mol. The van der Waals surface area contributed by atoms with E-state index in [1.165, 1.54) is 22.4 Å². The standard InChI is InChI=1S/C24H30N2O/c1-7-12-26-22-14-23(27-6)19(13-21(22)18(3)15-24(26,4)5)16-25-20-10-8-17(2)9-11-20/h8-11,13-16H,7,12H2,1-6H3. The highest BCUT2D eigenvalue weighted by molar-refractivity contribution is 5.92. The predicted molar refractivity (Wildman–Crippen MR) is 117 cm³/mol. The zero-order valence-electron chi connectivity index (χ0n) is 17.3. The van der Waals surface area contributed by atoms with Gasteiger partial charge in [0.1, 0.15) is 5.75 Å². The Morgan fingerprint density at radius 1 is 1.11 bits per heavy atom. The first-order valence-electron chi connectivity index (χ1n) is 9.66. The maximum atomic E-state index is 5.71. The van der Waals surface area contributed by atoms with E-state index in [1.807, 2.05) is 18.3 Å². The van der Waals surface area contributed by atoms with Crippen LogP contribution < -0.4 is 9.64 Å². The van der Waals surface area contributed by atoms with Crippen molar-refractivity contribution in [1.82, 2.24) is 0 Å². The SMILES string of the molecule is CCCN1c2cc(OC)c(C=Nc3ccc(C)cc3)cc2C(C)=CC1(C)C. The fourth-order valence-electron chi connectivity index (χ4n) is 3.81. The Morgan fingerprint density at radius 3 is 2.44 bits per heavy atom. The van der Waals surface area contributed by atoms with Gasteiger partial charge in [-0.25, -0.2) is 0 Å². The molecule has 142 valence electrons. The number of hydrogen-bond donors (Lipinski definition) is 0. The first-order valence-corrected chi connectivity index (χ1v) is 9.66. The highest BCUT2D eigenvalue weighted by atomic mass is 16.5. The topological polar surface area (TPSA) is 24.8 Å². The van der Waals surface area contributed by atoms with Crippen molar-refractivity contribution in [3.05, 3.63) is 59.2 Å². The minimum atomic E-state index is -0.00436. The summed E-state index contributed by atoms with van der Waals surface area (Å²) in [6.45, 7) is 12.1. The summed E-state index contributed by atoms with van der Waals surface area (Å²) in [6.07, 6.45) is 5.37. The zero-order chi connectivity index (χ0) is 19.6. The average Bonchev–Trinajstić information content (AvgIpc) is 2.63. The van der Waals surface area contributed by atoms with Gasteiger partial charge >= 0.3 is 0 Å². The van der Waals surface area contributed by atoms with Gasteiger partial charge in [-0.15, -0.1) is 0 Å². The number of nitrogens with zero attached hydrogens (tertiary/aromatic N) is 2. The van der Waals surface area contributed by atoms with Gasteiger partial charge in [-0.1, -0.05) is 30.7 Å². The predicted octanol–water partition coefficient (Wildman–Crippen LogP) is 6.17. The van der Waals surface area contributed by atoms with Gasteiger partial charge in [-0.05, 0) is 57.9 Å². The number of hydrogen-bond acceptors (Lipinski definition) is 3. The van der Waals surface area contributed by atoms with Crippen LogP contribution in [-0.2, 0) is 0 Å². The molecule has 1 heterocycles. The van der Waals surface area contributed by atoms with E-state index in [4.69, 9.17) is 4.74 Å². The second kappa shape index (κ2) is 7.59. The minimum Gasteiger partial charge on any atom is -0.496 e. The number of aliphatic imine (C=N–C) groups is 1. The van der Waals surface area contributed by atoms with Gasteiger partial charge < -0.3 is 9.64 Å². The van der Waals surface area contributed by atoms with Gasteiger partial charge in [0.15, 0.2) is 0 Å². The molecule has 0 spiro atoms. The molecule has 0 radical (unpaired) electrons. The molecule has 1 aliphatic rings. The normalized spacial score (nSPS) is 15.6. The second-order valence-electron chi connectivity index (χ2n) is 7.84. The summed E-state index contributed by atoms with van der Waals surface area (Å²) in [5.74, 6) is 0.858. The molecule has 0 aliphatic carbocycles. The Balaban J connectivity index is 2.05. The fourth-order valence-corrected chi connectivity index (χ4v) is 3.81. The zero-order valence-corrected chi connectivity index (χ0v) is 17.3. The number of allylic oxidation sites excluding steroid dienone is 1. The van der Waals surface area contributed by atoms with Crippen LogP contribution in [-0.4, -0.2) is 25.4 Å². The summed E-state index contributed by atoms with van der Waals surface area (Å²) in [5.41, 5.74) is 6.98. The Labute approximate surface area is 163 Å². The van der Waals surface area contributed by atoms with Crippen molar-refractivity contribution in [3.8, 4) is 5.75 Å². The van der Waals surface area contributed by atoms with Crippen LogP contribution in [0.3, 0.4) is 0 Å². The van der Waals surface area contributed by atoms with Gasteiger partial charge in [0.2, 0.25) is 0 Å². The van der Waals surface area contributed by atoms with Crippen molar-refractivity contribution in [1.29, 1.82) is 0 Å². The largest absolute Gasteiger partial charge is 0.496 e. The molecule has 3 heteroatoms. The summed E-state index contributed by atoms with van der Waals surface area (Å²) >= 11 is 0. The molecule has 0 aromatic heterocycles. The molecule has 3 nitrogen and oxygen atoms in total. The summed E-state index contributed by atoms with van der Waals surface area (Å²) < 4.78 is 5.71. The third-order valence-corrected chi connectivity index (χ3v) is 5.16. The Hall–Kier alpha value is -2.55. The van der Waals surface area contributed by atoms with E-state index in [0.717, 1.165) is 30.0 Å². The van der Waals surface area contributed by atoms with Gasteiger partial charge in [-0.2, -0.15) is 0 Å². The number of ether oxygens (including phenoxy) is 1.